The van der Waals surface area contributed by atoms with Gasteiger partial charge in [-0.3, -0.25) is 4.79 Å². The topological polar surface area (TPSA) is 50.8 Å². The maximum atomic E-state index is 11.5. The molecular weight excluding hydrogens is 316 g/mol. The minimum atomic E-state index is 0.151. The van der Waals surface area contributed by atoms with Gasteiger partial charge in [0.2, 0.25) is 5.91 Å². The molecule has 0 unspecified atom stereocenters. The number of ether oxygens (including phenoxy) is 2. The number of rotatable bonds is 5. The first kappa shape index (κ1) is 17.9. The van der Waals surface area contributed by atoms with E-state index in [1.165, 1.54) is 0 Å². The van der Waals surface area contributed by atoms with Crippen LogP contribution in [0.25, 0.3) is 0 Å². The van der Waals surface area contributed by atoms with E-state index in [1.807, 2.05) is 17.0 Å². The lowest BCUT2D eigenvalue weighted by Crippen LogP contribution is -2.49. The van der Waals surface area contributed by atoms with Crippen molar-refractivity contribution in [1.29, 1.82) is 0 Å². The van der Waals surface area contributed by atoms with Crippen LogP contribution in [0.1, 0.15) is 25.8 Å². The molecule has 23 heavy (non-hydrogen) atoms. The van der Waals surface area contributed by atoms with E-state index in [0.717, 1.165) is 25.1 Å². The molecule has 0 aromatic heterocycles. The molecule has 6 heteroatoms. The molecule has 1 aromatic carbocycles. The van der Waals surface area contributed by atoms with Crippen molar-refractivity contribution in [2.24, 2.45) is 5.92 Å². The van der Waals surface area contributed by atoms with E-state index in [-0.39, 0.29) is 5.91 Å². The predicted molar refractivity (Wildman–Crippen MR) is 91.2 cm³/mol. The standard InChI is InChI=1S/C17H25ClN2O3/c1-11-10-20(12(2)21)8-7-14(11)19-9-13-5-6-15(22-3)17(23-4)16(13)18/h5-6,11,14,19H,7-10H2,1-4H3/t11-,14-/m0/s1. The Kier molecular flexibility index (Phi) is 6.13. The van der Waals surface area contributed by atoms with Crippen LogP contribution in [0.3, 0.4) is 0 Å². The van der Waals surface area contributed by atoms with Crippen molar-refractivity contribution >= 4 is 17.5 Å². The molecule has 0 radical (unpaired) electrons. The quantitative estimate of drug-likeness (QED) is 0.895. The van der Waals surface area contributed by atoms with E-state index in [4.69, 9.17) is 21.1 Å². The van der Waals surface area contributed by atoms with Crippen LogP contribution in [-0.2, 0) is 11.3 Å². The first-order valence-corrected chi connectivity index (χ1v) is 8.24. The maximum absolute atomic E-state index is 11.5. The second kappa shape index (κ2) is 7.88. The normalized spacial score (nSPS) is 21.2. The zero-order chi connectivity index (χ0) is 17.0. The van der Waals surface area contributed by atoms with Gasteiger partial charge in [0.15, 0.2) is 11.5 Å². The van der Waals surface area contributed by atoms with Gasteiger partial charge in [0.1, 0.15) is 0 Å². The molecule has 1 fully saturated rings. The molecule has 0 spiro atoms. The van der Waals surface area contributed by atoms with Gasteiger partial charge in [-0.05, 0) is 24.0 Å². The zero-order valence-corrected chi connectivity index (χ0v) is 14.9. The number of amides is 1. The summed E-state index contributed by atoms with van der Waals surface area (Å²) < 4.78 is 10.6. The van der Waals surface area contributed by atoms with Gasteiger partial charge in [-0.25, -0.2) is 0 Å². The molecule has 1 N–H and O–H groups in total. The highest BCUT2D eigenvalue weighted by atomic mass is 35.5. The third-order valence-corrected chi connectivity index (χ3v) is 4.88. The van der Waals surface area contributed by atoms with E-state index in [2.05, 4.69) is 12.2 Å². The summed E-state index contributed by atoms with van der Waals surface area (Å²) >= 11 is 6.41. The van der Waals surface area contributed by atoms with Crippen LogP contribution in [0.5, 0.6) is 11.5 Å². The molecule has 0 aliphatic carbocycles. The molecule has 1 saturated heterocycles. The van der Waals surface area contributed by atoms with Crippen molar-refractivity contribution in [2.75, 3.05) is 27.3 Å². The number of carbonyl (C=O) groups excluding carboxylic acids is 1. The highest BCUT2D eigenvalue weighted by Crippen LogP contribution is 2.37. The number of methoxy groups -OCH3 is 2. The van der Waals surface area contributed by atoms with Crippen LogP contribution < -0.4 is 14.8 Å². The van der Waals surface area contributed by atoms with Gasteiger partial charge in [-0.1, -0.05) is 24.6 Å². The van der Waals surface area contributed by atoms with Crippen LogP contribution in [0, 0.1) is 5.92 Å². The zero-order valence-electron chi connectivity index (χ0n) is 14.2. The van der Waals surface area contributed by atoms with Crippen LogP contribution in [0.4, 0.5) is 0 Å². The Morgan fingerprint density at radius 1 is 1.39 bits per heavy atom. The Labute approximate surface area is 142 Å². The third kappa shape index (κ3) is 4.09. The summed E-state index contributed by atoms with van der Waals surface area (Å²) in [4.78, 5) is 13.4. The number of carbonyl (C=O) groups is 1. The van der Waals surface area contributed by atoms with Crippen molar-refractivity contribution in [3.8, 4) is 11.5 Å². The molecule has 1 aliphatic heterocycles. The Balaban J connectivity index is 2.00. The summed E-state index contributed by atoms with van der Waals surface area (Å²) in [6.45, 7) is 6.06. The maximum Gasteiger partial charge on any atom is 0.219 e. The number of piperidine rings is 1. The molecule has 1 heterocycles. The summed E-state index contributed by atoms with van der Waals surface area (Å²) in [6.07, 6.45) is 0.950. The SMILES string of the molecule is COc1ccc(CN[C@H]2CCN(C(C)=O)C[C@@H]2C)c(Cl)c1OC. The molecule has 128 valence electrons. The fraction of sp³-hybridized carbons (Fsp3) is 0.588. The van der Waals surface area contributed by atoms with Gasteiger partial charge in [-0.2, -0.15) is 0 Å². The first-order valence-electron chi connectivity index (χ1n) is 7.86. The van der Waals surface area contributed by atoms with Crippen LogP contribution in [0.15, 0.2) is 12.1 Å². The minimum absolute atomic E-state index is 0.151. The van der Waals surface area contributed by atoms with Crippen LogP contribution >= 0.6 is 11.6 Å². The van der Waals surface area contributed by atoms with Gasteiger partial charge in [0.25, 0.3) is 0 Å². The summed E-state index contributed by atoms with van der Waals surface area (Å²) in [5.74, 6) is 1.75. The number of hydrogen-bond acceptors (Lipinski definition) is 4. The Morgan fingerprint density at radius 2 is 2.13 bits per heavy atom. The van der Waals surface area contributed by atoms with E-state index in [0.29, 0.717) is 35.0 Å². The summed E-state index contributed by atoms with van der Waals surface area (Å²) in [7, 11) is 3.18. The lowest BCUT2D eigenvalue weighted by atomic mass is 9.93. The van der Waals surface area contributed by atoms with Crippen LogP contribution in [-0.4, -0.2) is 44.2 Å². The number of benzene rings is 1. The van der Waals surface area contributed by atoms with Gasteiger partial charge in [-0.15, -0.1) is 0 Å². The van der Waals surface area contributed by atoms with Gasteiger partial charge >= 0.3 is 0 Å². The Bertz CT molecular complexity index is 565. The van der Waals surface area contributed by atoms with Crippen molar-refractivity contribution in [3.63, 3.8) is 0 Å². The highest BCUT2D eigenvalue weighted by Gasteiger charge is 2.27. The molecule has 0 bridgehead atoms. The average Bonchev–Trinajstić information content (AvgIpc) is 2.54. The van der Waals surface area contributed by atoms with E-state index in [9.17, 15) is 4.79 Å². The second-order valence-electron chi connectivity index (χ2n) is 5.99. The lowest BCUT2D eigenvalue weighted by molar-refractivity contribution is -0.130. The molecule has 1 aromatic rings. The van der Waals surface area contributed by atoms with E-state index < -0.39 is 0 Å². The molecular formula is C17H25ClN2O3. The second-order valence-corrected chi connectivity index (χ2v) is 6.37. The van der Waals surface area contributed by atoms with E-state index >= 15 is 0 Å². The highest BCUT2D eigenvalue weighted by molar-refractivity contribution is 6.33. The Morgan fingerprint density at radius 3 is 2.70 bits per heavy atom. The number of likely N-dealkylation sites (tertiary alicyclic amines) is 1. The van der Waals surface area contributed by atoms with Gasteiger partial charge in [0.05, 0.1) is 19.2 Å². The monoisotopic (exact) mass is 340 g/mol. The number of halogens is 1. The first-order chi connectivity index (χ1) is 11.0. The summed E-state index contributed by atoms with van der Waals surface area (Å²) in [5, 5.41) is 4.13. The van der Waals surface area contributed by atoms with E-state index in [1.54, 1.807) is 21.1 Å². The fourth-order valence-corrected chi connectivity index (χ4v) is 3.34. The largest absolute Gasteiger partial charge is 0.493 e. The average molecular weight is 341 g/mol. The molecule has 2 rings (SSSR count). The van der Waals surface area contributed by atoms with Gasteiger partial charge < -0.3 is 19.7 Å². The molecule has 1 amide bonds. The minimum Gasteiger partial charge on any atom is -0.493 e. The summed E-state index contributed by atoms with van der Waals surface area (Å²) in [5.41, 5.74) is 0.977. The van der Waals surface area contributed by atoms with Crippen molar-refractivity contribution in [3.05, 3.63) is 22.7 Å². The van der Waals surface area contributed by atoms with Crippen molar-refractivity contribution < 1.29 is 14.3 Å². The smallest absolute Gasteiger partial charge is 0.219 e. The predicted octanol–water partition coefficient (Wildman–Crippen LogP) is 2.70. The molecule has 1 aliphatic rings. The molecule has 5 nitrogen and oxygen atoms in total. The number of nitrogens with one attached hydrogen (secondary N) is 1. The van der Waals surface area contributed by atoms with Gasteiger partial charge in [0, 0.05) is 32.6 Å². The Hall–Kier alpha value is -1.46. The van der Waals surface area contributed by atoms with Crippen molar-refractivity contribution in [2.45, 2.75) is 32.9 Å². The summed E-state index contributed by atoms with van der Waals surface area (Å²) in [6, 6.07) is 4.19. The fourth-order valence-electron chi connectivity index (χ4n) is 3.04. The number of nitrogens with zero attached hydrogens (tertiary/aromatic N) is 1. The molecule has 0 saturated carbocycles. The molecule has 2 atom stereocenters. The number of hydrogen-bond donors (Lipinski definition) is 1. The lowest BCUT2D eigenvalue weighted by Gasteiger charge is -2.37. The van der Waals surface area contributed by atoms with Crippen LogP contribution in [0.2, 0.25) is 5.02 Å². The van der Waals surface area contributed by atoms with Crippen molar-refractivity contribution in [1.82, 2.24) is 10.2 Å². The third-order valence-electron chi connectivity index (χ3n) is 4.47.